The van der Waals surface area contributed by atoms with Gasteiger partial charge in [0.05, 0.1) is 5.69 Å². The lowest BCUT2D eigenvalue weighted by Crippen LogP contribution is -2.34. The number of carbonyl (C=O) groups excluding carboxylic acids is 1. The van der Waals surface area contributed by atoms with Crippen LogP contribution in [-0.4, -0.2) is 39.0 Å². The van der Waals surface area contributed by atoms with Crippen LogP contribution in [0.5, 0.6) is 0 Å². The Kier molecular flexibility index (Phi) is 5.72. The first-order chi connectivity index (χ1) is 13.8. The Hall–Kier alpha value is -3.06. The summed E-state index contributed by atoms with van der Waals surface area (Å²) in [6.07, 6.45) is 9.21. The third-order valence-corrected chi connectivity index (χ3v) is 5.03. The summed E-state index contributed by atoms with van der Waals surface area (Å²) in [5.74, 6) is 0.288. The Bertz CT molecular complexity index is 897. The van der Waals surface area contributed by atoms with Crippen molar-refractivity contribution in [3.8, 4) is 0 Å². The molecule has 1 saturated heterocycles. The van der Waals surface area contributed by atoms with Gasteiger partial charge in [0.1, 0.15) is 0 Å². The summed E-state index contributed by atoms with van der Waals surface area (Å²) in [4.78, 5) is 22.8. The van der Waals surface area contributed by atoms with E-state index < -0.39 is 0 Å². The van der Waals surface area contributed by atoms with E-state index >= 15 is 0 Å². The van der Waals surface area contributed by atoms with Crippen LogP contribution in [-0.2, 0) is 13.1 Å². The first-order valence-corrected chi connectivity index (χ1v) is 9.53. The lowest BCUT2D eigenvalue weighted by Gasteiger charge is -2.31. The van der Waals surface area contributed by atoms with E-state index in [1.807, 2.05) is 36.7 Å². The van der Waals surface area contributed by atoms with E-state index in [4.69, 9.17) is 4.52 Å². The van der Waals surface area contributed by atoms with Crippen molar-refractivity contribution in [3.05, 3.63) is 77.7 Å². The van der Waals surface area contributed by atoms with Gasteiger partial charge in [0, 0.05) is 56.4 Å². The second kappa shape index (κ2) is 8.75. The Morgan fingerprint density at radius 2 is 1.82 bits per heavy atom. The maximum atomic E-state index is 12.3. The average Bonchev–Trinajstić information content (AvgIpc) is 3.24. The van der Waals surface area contributed by atoms with Crippen LogP contribution in [0, 0.1) is 0 Å². The molecular formula is C21H23N5O2. The SMILES string of the molecule is O=C(NCc1ccncc1)c1cc([C@H]2CCCN(Cc3ccncc3)C2)no1. The van der Waals surface area contributed by atoms with Crippen molar-refractivity contribution in [3.63, 3.8) is 0 Å². The van der Waals surface area contributed by atoms with Crippen LogP contribution in [0.15, 0.2) is 59.6 Å². The molecule has 0 bridgehead atoms. The number of pyridine rings is 2. The monoisotopic (exact) mass is 377 g/mol. The molecule has 0 aromatic carbocycles. The fraction of sp³-hybridized carbons (Fsp3) is 0.333. The zero-order chi connectivity index (χ0) is 19.2. The molecule has 1 fully saturated rings. The number of hydrogen-bond acceptors (Lipinski definition) is 6. The number of carbonyl (C=O) groups is 1. The predicted octanol–water partition coefficient (Wildman–Crippen LogP) is 2.77. The van der Waals surface area contributed by atoms with Crippen LogP contribution in [0.4, 0.5) is 0 Å². The molecule has 0 unspecified atom stereocenters. The van der Waals surface area contributed by atoms with E-state index in [1.165, 1.54) is 5.56 Å². The topological polar surface area (TPSA) is 84.2 Å². The van der Waals surface area contributed by atoms with Gasteiger partial charge < -0.3 is 9.84 Å². The molecule has 144 valence electrons. The Labute approximate surface area is 163 Å². The van der Waals surface area contributed by atoms with Gasteiger partial charge in [-0.05, 0) is 54.8 Å². The summed E-state index contributed by atoms with van der Waals surface area (Å²) in [6.45, 7) is 3.31. The smallest absolute Gasteiger partial charge is 0.290 e. The average molecular weight is 377 g/mol. The highest BCUT2D eigenvalue weighted by atomic mass is 16.5. The highest BCUT2D eigenvalue weighted by Gasteiger charge is 2.25. The molecule has 7 nitrogen and oxygen atoms in total. The van der Waals surface area contributed by atoms with Crippen LogP contribution in [0.3, 0.4) is 0 Å². The number of amides is 1. The second-order valence-electron chi connectivity index (χ2n) is 7.08. The van der Waals surface area contributed by atoms with E-state index in [2.05, 4.69) is 25.3 Å². The minimum Gasteiger partial charge on any atom is -0.351 e. The molecule has 0 aliphatic carbocycles. The molecule has 7 heteroatoms. The maximum Gasteiger partial charge on any atom is 0.290 e. The number of piperidine rings is 1. The summed E-state index contributed by atoms with van der Waals surface area (Å²) in [5.41, 5.74) is 3.10. The number of hydrogen-bond donors (Lipinski definition) is 1. The minimum absolute atomic E-state index is 0.250. The maximum absolute atomic E-state index is 12.3. The van der Waals surface area contributed by atoms with E-state index in [0.29, 0.717) is 6.54 Å². The number of likely N-dealkylation sites (tertiary alicyclic amines) is 1. The van der Waals surface area contributed by atoms with Crippen molar-refractivity contribution in [1.82, 2.24) is 25.3 Å². The first kappa shape index (κ1) is 18.3. The second-order valence-corrected chi connectivity index (χ2v) is 7.08. The van der Waals surface area contributed by atoms with Crippen LogP contribution < -0.4 is 5.32 Å². The summed E-state index contributed by atoms with van der Waals surface area (Å²) in [6, 6.07) is 9.61. The Morgan fingerprint density at radius 3 is 2.57 bits per heavy atom. The quantitative estimate of drug-likeness (QED) is 0.711. The molecule has 4 rings (SSSR count). The Morgan fingerprint density at radius 1 is 1.11 bits per heavy atom. The summed E-state index contributed by atoms with van der Waals surface area (Å²) in [7, 11) is 0. The molecule has 0 spiro atoms. The minimum atomic E-state index is -0.250. The van der Waals surface area contributed by atoms with E-state index in [1.54, 1.807) is 18.5 Å². The molecule has 1 aliphatic rings. The molecule has 3 aromatic heterocycles. The molecule has 0 radical (unpaired) electrons. The molecular weight excluding hydrogens is 354 g/mol. The van der Waals surface area contributed by atoms with E-state index in [0.717, 1.165) is 43.7 Å². The Balaban J connectivity index is 1.34. The van der Waals surface area contributed by atoms with Gasteiger partial charge in [0.2, 0.25) is 5.76 Å². The molecule has 1 amide bonds. The fourth-order valence-electron chi connectivity index (χ4n) is 3.55. The van der Waals surface area contributed by atoms with Crippen molar-refractivity contribution >= 4 is 5.91 Å². The zero-order valence-corrected chi connectivity index (χ0v) is 15.6. The third-order valence-electron chi connectivity index (χ3n) is 5.03. The van der Waals surface area contributed by atoms with Crippen molar-refractivity contribution in [1.29, 1.82) is 0 Å². The fourth-order valence-corrected chi connectivity index (χ4v) is 3.55. The third kappa shape index (κ3) is 4.61. The summed E-state index contributed by atoms with van der Waals surface area (Å²) >= 11 is 0. The van der Waals surface area contributed by atoms with Crippen LogP contribution in [0.25, 0.3) is 0 Å². The standard InChI is InChI=1S/C21H23N5O2/c27-21(24-13-16-3-7-22-8-4-16)20-12-19(25-28-20)18-2-1-11-26(15-18)14-17-5-9-23-10-6-17/h3-10,12,18H,1-2,11,13-15H2,(H,24,27)/t18-/m0/s1. The van der Waals surface area contributed by atoms with Gasteiger partial charge in [0.25, 0.3) is 5.91 Å². The predicted molar refractivity (Wildman–Crippen MR) is 103 cm³/mol. The normalized spacial score (nSPS) is 17.4. The number of aromatic nitrogens is 3. The van der Waals surface area contributed by atoms with Crippen LogP contribution in [0.2, 0.25) is 0 Å². The van der Waals surface area contributed by atoms with Gasteiger partial charge in [-0.2, -0.15) is 0 Å². The van der Waals surface area contributed by atoms with E-state index in [9.17, 15) is 4.79 Å². The van der Waals surface area contributed by atoms with Crippen LogP contribution in [0.1, 0.15) is 46.1 Å². The van der Waals surface area contributed by atoms with Gasteiger partial charge in [-0.15, -0.1) is 0 Å². The number of rotatable bonds is 6. The lowest BCUT2D eigenvalue weighted by atomic mass is 9.94. The van der Waals surface area contributed by atoms with Crippen molar-refractivity contribution in [2.75, 3.05) is 13.1 Å². The van der Waals surface area contributed by atoms with Gasteiger partial charge in [-0.25, -0.2) is 0 Å². The number of nitrogens with one attached hydrogen (secondary N) is 1. The summed E-state index contributed by atoms with van der Waals surface area (Å²) < 4.78 is 5.32. The van der Waals surface area contributed by atoms with Crippen molar-refractivity contribution < 1.29 is 9.32 Å². The zero-order valence-electron chi connectivity index (χ0n) is 15.6. The highest BCUT2D eigenvalue weighted by molar-refractivity contribution is 5.91. The molecule has 3 aromatic rings. The largest absolute Gasteiger partial charge is 0.351 e. The highest BCUT2D eigenvalue weighted by Crippen LogP contribution is 2.27. The lowest BCUT2D eigenvalue weighted by molar-refractivity contribution is 0.0913. The van der Waals surface area contributed by atoms with Gasteiger partial charge in [-0.3, -0.25) is 19.7 Å². The number of nitrogens with zero attached hydrogens (tertiary/aromatic N) is 4. The summed E-state index contributed by atoms with van der Waals surface area (Å²) in [5, 5.41) is 7.03. The van der Waals surface area contributed by atoms with Gasteiger partial charge >= 0.3 is 0 Å². The van der Waals surface area contributed by atoms with Gasteiger partial charge in [0.15, 0.2) is 0 Å². The van der Waals surface area contributed by atoms with Crippen LogP contribution >= 0.6 is 0 Å². The molecule has 4 heterocycles. The molecule has 28 heavy (non-hydrogen) atoms. The molecule has 0 saturated carbocycles. The van der Waals surface area contributed by atoms with Crippen molar-refractivity contribution in [2.45, 2.75) is 31.8 Å². The van der Waals surface area contributed by atoms with Gasteiger partial charge in [-0.1, -0.05) is 5.16 Å². The molecule has 1 aliphatic heterocycles. The molecule has 1 N–H and O–H groups in total. The molecule has 1 atom stereocenters. The van der Waals surface area contributed by atoms with E-state index in [-0.39, 0.29) is 17.6 Å². The van der Waals surface area contributed by atoms with Crippen molar-refractivity contribution in [2.24, 2.45) is 0 Å². The first-order valence-electron chi connectivity index (χ1n) is 9.53.